The van der Waals surface area contributed by atoms with E-state index < -0.39 is 0 Å². The van der Waals surface area contributed by atoms with Crippen LogP contribution in [-0.4, -0.2) is 46.5 Å². The van der Waals surface area contributed by atoms with Crippen molar-refractivity contribution in [3.05, 3.63) is 40.9 Å². The summed E-state index contributed by atoms with van der Waals surface area (Å²) >= 11 is 6.52. The number of nitriles is 1. The molecule has 8 heteroatoms. The van der Waals surface area contributed by atoms with Gasteiger partial charge in [-0.2, -0.15) is 10.2 Å². The molecule has 0 spiro atoms. The average Bonchev–Trinajstić information content (AvgIpc) is 3.06. The molecular formula is C22H19ClN4O3. The number of imidazole rings is 1. The predicted molar refractivity (Wildman–Crippen MR) is 109 cm³/mol. The van der Waals surface area contributed by atoms with Gasteiger partial charge in [-0.25, -0.2) is 4.98 Å². The average molecular weight is 423 g/mol. The number of fused-ring (bicyclic) bond motifs is 2. The number of hydrogen-bond acceptors (Lipinski definition) is 6. The number of pyridine rings is 1. The summed E-state index contributed by atoms with van der Waals surface area (Å²) in [5.41, 5.74) is 3.52. The van der Waals surface area contributed by atoms with Crippen LogP contribution in [0.4, 0.5) is 0 Å². The Balaban J connectivity index is 1.28. The van der Waals surface area contributed by atoms with Gasteiger partial charge in [0.05, 0.1) is 40.4 Å². The molecule has 0 bridgehead atoms. The summed E-state index contributed by atoms with van der Waals surface area (Å²) in [6.45, 7) is 1.19. The second-order valence-corrected chi connectivity index (χ2v) is 8.56. The van der Waals surface area contributed by atoms with Gasteiger partial charge in [-0.05, 0) is 30.9 Å². The van der Waals surface area contributed by atoms with Crippen molar-refractivity contribution >= 4 is 22.8 Å². The van der Waals surface area contributed by atoms with Crippen LogP contribution in [0, 0.1) is 11.3 Å². The fourth-order valence-electron chi connectivity index (χ4n) is 4.37. The molecule has 1 saturated carbocycles. The molecule has 3 atom stereocenters. The van der Waals surface area contributed by atoms with Crippen LogP contribution in [0.25, 0.3) is 22.4 Å². The fourth-order valence-corrected chi connectivity index (χ4v) is 4.63. The number of rotatable bonds is 4. The molecule has 0 amide bonds. The molecule has 1 aliphatic carbocycles. The van der Waals surface area contributed by atoms with E-state index in [-0.39, 0.29) is 23.7 Å². The number of ether oxygens (including phenoxy) is 3. The summed E-state index contributed by atoms with van der Waals surface area (Å²) in [6.07, 6.45) is 2.62. The Morgan fingerprint density at radius 3 is 2.80 bits per heavy atom. The van der Waals surface area contributed by atoms with E-state index in [0.29, 0.717) is 41.1 Å². The maximum Gasteiger partial charge on any atom is 0.296 e. The van der Waals surface area contributed by atoms with Gasteiger partial charge in [0.2, 0.25) is 0 Å². The maximum atomic E-state index is 9.39. The molecule has 6 rings (SSSR count). The van der Waals surface area contributed by atoms with Crippen LogP contribution in [0.2, 0.25) is 5.02 Å². The summed E-state index contributed by atoms with van der Waals surface area (Å²) < 4.78 is 17.5. The first kappa shape index (κ1) is 18.1. The molecule has 2 aliphatic heterocycles. The van der Waals surface area contributed by atoms with Crippen LogP contribution >= 0.6 is 11.6 Å². The van der Waals surface area contributed by atoms with Crippen LogP contribution in [0.5, 0.6) is 6.01 Å². The summed E-state index contributed by atoms with van der Waals surface area (Å²) in [5.74, 6) is 0. The zero-order valence-corrected chi connectivity index (χ0v) is 16.9. The minimum atomic E-state index is -0.305. The predicted octanol–water partition coefficient (Wildman–Crippen LogP) is 3.77. The smallest absolute Gasteiger partial charge is 0.296 e. The molecule has 30 heavy (non-hydrogen) atoms. The van der Waals surface area contributed by atoms with E-state index in [1.165, 1.54) is 0 Å². The van der Waals surface area contributed by atoms with E-state index in [1.54, 1.807) is 0 Å². The monoisotopic (exact) mass is 422 g/mol. The van der Waals surface area contributed by atoms with Crippen LogP contribution in [0.3, 0.4) is 0 Å². The van der Waals surface area contributed by atoms with Gasteiger partial charge < -0.3 is 19.2 Å². The van der Waals surface area contributed by atoms with Crippen molar-refractivity contribution in [1.29, 1.82) is 5.26 Å². The second-order valence-electron chi connectivity index (χ2n) is 8.16. The van der Waals surface area contributed by atoms with E-state index in [4.69, 9.17) is 25.8 Å². The third kappa shape index (κ3) is 2.87. The first-order chi connectivity index (χ1) is 14.6. The van der Waals surface area contributed by atoms with Crippen LogP contribution in [0.15, 0.2) is 30.3 Å². The van der Waals surface area contributed by atoms with Gasteiger partial charge >= 0.3 is 0 Å². The Morgan fingerprint density at radius 1 is 1.20 bits per heavy atom. The number of nitrogens with one attached hydrogen (secondary N) is 1. The van der Waals surface area contributed by atoms with Crippen molar-refractivity contribution in [1.82, 2.24) is 15.0 Å². The first-order valence-electron chi connectivity index (χ1n) is 10.1. The largest absolute Gasteiger partial charge is 0.456 e. The van der Waals surface area contributed by atoms with Gasteiger partial charge in [-0.3, -0.25) is 0 Å². The zero-order valence-electron chi connectivity index (χ0n) is 16.1. The summed E-state index contributed by atoms with van der Waals surface area (Å²) in [7, 11) is 0. The number of halogens is 1. The Bertz CT molecular complexity index is 1170. The van der Waals surface area contributed by atoms with Crippen molar-refractivity contribution in [3.63, 3.8) is 0 Å². The Labute approximate surface area is 177 Å². The number of hydrogen-bond donors (Lipinski definition) is 1. The molecule has 2 aromatic heterocycles. The Kier molecular flexibility index (Phi) is 4.03. The topological polar surface area (TPSA) is 93.1 Å². The molecule has 152 valence electrons. The van der Waals surface area contributed by atoms with Gasteiger partial charge in [-0.1, -0.05) is 35.9 Å². The number of benzene rings is 1. The van der Waals surface area contributed by atoms with Gasteiger partial charge in [0.25, 0.3) is 6.01 Å². The fraction of sp³-hybridized carbons (Fsp3) is 0.409. The zero-order chi connectivity index (χ0) is 20.3. The highest BCUT2D eigenvalue weighted by Crippen LogP contribution is 2.47. The van der Waals surface area contributed by atoms with Gasteiger partial charge in [0.1, 0.15) is 6.10 Å². The number of nitrogens with zero attached hydrogens (tertiary/aromatic N) is 3. The van der Waals surface area contributed by atoms with Gasteiger partial charge in [-0.15, -0.1) is 0 Å². The quantitative estimate of drug-likeness (QED) is 0.688. The SMILES string of the molecule is N#CC1(c2ccc(-c3nc4nc(OC5COC6CCOC65)[nH]c4cc3Cl)cc2)CC1. The molecule has 3 aliphatic rings. The van der Waals surface area contributed by atoms with Crippen molar-refractivity contribution in [3.8, 4) is 23.3 Å². The molecule has 1 N–H and O–H groups in total. The third-order valence-corrected chi connectivity index (χ3v) is 6.55. The Hall–Kier alpha value is -2.66. The lowest BCUT2D eigenvalue weighted by atomic mass is 9.96. The molecule has 3 aromatic rings. The summed E-state index contributed by atoms with van der Waals surface area (Å²) in [4.78, 5) is 12.3. The molecule has 3 unspecified atom stereocenters. The van der Waals surface area contributed by atoms with Crippen molar-refractivity contribution < 1.29 is 14.2 Å². The third-order valence-electron chi connectivity index (χ3n) is 6.26. The van der Waals surface area contributed by atoms with E-state index in [0.717, 1.165) is 30.4 Å². The highest BCUT2D eigenvalue weighted by atomic mass is 35.5. The van der Waals surface area contributed by atoms with Crippen molar-refractivity contribution in [2.24, 2.45) is 0 Å². The molecule has 1 aromatic carbocycles. The van der Waals surface area contributed by atoms with E-state index >= 15 is 0 Å². The lowest BCUT2D eigenvalue weighted by molar-refractivity contribution is 0.0273. The maximum absolute atomic E-state index is 9.39. The standard InChI is InChI=1S/C22H19ClN4O3/c23-14-9-15-20(27-21(25-15)30-17-10-29-16-5-8-28-19(16)17)26-18(14)12-1-3-13(4-2-12)22(11-24)6-7-22/h1-4,9,16-17,19H,5-8,10H2,(H,25,26,27). The number of aromatic nitrogens is 3. The van der Waals surface area contributed by atoms with E-state index in [1.807, 2.05) is 30.3 Å². The molecule has 3 fully saturated rings. The first-order valence-corrected chi connectivity index (χ1v) is 10.5. The van der Waals surface area contributed by atoms with Gasteiger partial charge in [0, 0.05) is 12.2 Å². The van der Waals surface area contributed by atoms with Crippen LogP contribution in [-0.2, 0) is 14.9 Å². The van der Waals surface area contributed by atoms with E-state index in [2.05, 4.69) is 21.0 Å². The lowest BCUT2D eigenvalue weighted by Crippen LogP contribution is -2.32. The molecule has 4 heterocycles. The van der Waals surface area contributed by atoms with E-state index in [9.17, 15) is 5.26 Å². The number of aromatic amines is 1. The lowest BCUT2D eigenvalue weighted by Gasteiger charge is -2.15. The molecule has 7 nitrogen and oxygen atoms in total. The summed E-state index contributed by atoms with van der Waals surface area (Å²) in [5, 5.41) is 9.91. The minimum absolute atomic E-state index is 0.0491. The minimum Gasteiger partial charge on any atom is -0.456 e. The van der Waals surface area contributed by atoms with Crippen molar-refractivity contribution in [2.75, 3.05) is 13.2 Å². The molecular weight excluding hydrogens is 404 g/mol. The second kappa shape index (κ2) is 6.67. The van der Waals surface area contributed by atoms with Crippen LogP contribution < -0.4 is 4.74 Å². The van der Waals surface area contributed by atoms with Crippen LogP contribution in [0.1, 0.15) is 24.8 Å². The normalized spacial score (nSPS) is 26.5. The highest BCUT2D eigenvalue weighted by molar-refractivity contribution is 6.33. The van der Waals surface area contributed by atoms with Crippen molar-refractivity contribution in [2.45, 2.75) is 43.0 Å². The number of H-pyrrole nitrogens is 1. The summed E-state index contributed by atoms with van der Waals surface area (Å²) in [6, 6.07) is 12.5. The van der Waals surface area contributed by atoms with Gasteiger partial charge in [0.15, 0.2) is 11.8 Å². The molecule has 0 radical (unpaired) electrons. The highest BCUT2D eigenvalue weighted by Gasteiger charge is 2.45. The Morgan fingerprint density at radius 2 is 2.03 bits per heavy atom. The molecule has 2 saturated heterocycles.